The van der Waals surface area contributed by atoms with E-state index in [1.54, 1.807) is 18.2 Å². The second-order valence-electron chi connectivity index (χ2n) is 11.4. The fourth-order valence-electron chi connectivity index (χ4n) is 5.30. The number of amides is 1. The van der Waals surface area contributed by atoms with Crippen LogP contribution in [0.1, 0.15) is 60.5 Å². The molecule has 2 unspecified atom stereocenters. The molecule has 0 aliphatic heterocycles. The fraction of sp³-hybridized carbons (Fsp3) is 0.471. The van der Waals surface area contributed by atoms with E-state index in [2.05, 4.69) is 52.5 Å². The monoisotopic (exact) mass is 549 g/mol. The van der Waals surface area contributed by atoms with Crippen LogP contribution in [0.2, 0.25) is 0 Å². The van der Waals surface area contributed by atoms with Crippen molar-refractivity contribution >= 4 is 23.1 Å². The Hall–Kier alpha value is -3.38. The molecule has 0 aliphatic rings. The Morgan fingerprint density at radius 2 is 1.70 bits per heavy atom. The maximum absolute atomic E-state index is 11.5. The predicted molar refractivity (Wildman–Crippen MR) is 165 cm³/mol. The van der Waals surface area contributed by atoms with Crippen LogP contribution in [0.4, 0.5) is 4.79 Å². The standard InChI is InChI=1S/C34H47NO5/c1-9-10-11-23(4)33(40-34(35)38)27(8)32(37)25(6)19-21(2)18-24(5)26(7)22(3)12-13-28-14-15-29-16-17-31(36)39-30(29)20-28/h9-18,20,22-27,32-33,37H,1,19H2,2-8H3,(H2,35,38)/b11-10-,13-12-,21-18-/t22?,23?,24-,25-,26-,27-,32+,33-/m0/s1. The summed E-state index contributed by atoms with van der Waals surface area (Å²) in [6, 6.07) is 9.07. The van der Waals surface area contributed by atoms with Crippen LogP contribution in [0, 0.1) is 35.5 Å². The van der Waals surface area contributed by atoms with E-state index in [4.69, 9.17) is 14.9 Å². The number of benzene rings is 1. The summed E-state index contributed by atoms with van der Waals surface area (Å²) in [4.78, 5) is 23.1. The number of nitrogens with two attached hydrogens (primary N) is 1. The Morgan fingerprint density at radius 1 is 1.02 bits per heavy atom. The minimum Gasteiger partial charge on any atom is -0.445 e. The van der Waals surface area contributed by atoms with Crippen LogP contribution in [-0.2, 0) is 4.74 Å². The first-order valence-corrected chi connectivity index (χ1v) is 14.2. The van der Waals surface area contributed by atoms with Crippen molar-refractivity contribution in [2.45, 2.75) is 67.1 Å². The van der Waals surface area contributed by atoms with E-state index in [1.807, 2.05) is 45.0 Å². The number of aliphatic hydroxyl groups is 1. The third-order valence-electron chi connectivity index (χ3n) is 8.05. The van der Waals surface area contributed by atoms with Crippen molar-refractivity contribution in [2.24, 2.45) is 41.2 Å². The van der Waals surface area contributed by atoms with Gasteiger partial charge in [-0.15, -0.1) is 0 Å². The second-order valence-corrected chi connectivity index (χ2v) is 11.4. The molecule has 218 valence electrons. The SMILES string of the molecule is C=C/C=C\C(C)[C@H](OC(N)=O)[C@@H](C)[C@H](O)[C@@H](C)C/C(C)=C\[C@H](C)[C@@H](C)C(C)/C=C\c1ccc2ccc(=O)oc2c1. The molecule has 1 aromatic carbocycles. The third kappa shape index (κ3) is 9.67. The van der Waals surface area contributed by atoms with Crippen LogP contribution in [0.3, 0.4) is 0 Å². The third-order valence-corrected chi connectivity index (χ3v) is 8.05. The smallest absolute Gasteiger partial charge is 0.404 e. The number of hydrogen-bond acceptors (Lipinski definition) is 5. The van der Waals surface area contributed by atoms with Crippen LogP contribution in [0.5, 0.6) is 0 Å². The molecule has 0 radical (unpaired) electrons. The lowest BCUT2D eigenvalue weighted by Gasteiger charge is -2.33. The summed E-state index contributed by atoms with van der Waals surface area (Å²) in [6.07, 6.45) is 10.6. The Kier molecular flexibility index (Phi) is 12.7. The number of fused-ring (bicyclic) bond motifs is 1. The molecule has 0 spiro atoms. The van der Waals surface area contributed by atoms with E-state index in [1.165, 1.54) is 11.6 Å². The average molecular weight is 550 g/mol. The van der Waals surface area contributed by atoms with Gasteiger partial charge in [-0.1, -0.05) is 102 Å². The lowest BCUT2D eigenvalue weighted by molar-refractivity contribution is -0.0266. The summed E-state index contributed by atoms with van der Waals surface area (Å²) < 4.78 is 10.7. The molecular formula is C34H47NO5. The molecule has 40 heavy (non-hydrogen) atoms. The highest BCUT2D eigenvalue weighted by Crippen LogP contribution is 2.30. The van der Waals surface area contributed by atoms with Crippen molar-refractivity contribution in [1.82, 2.24) is 0 Å². The summed E-state index contributed by atoms with van der Waals surface area (Å²) in [5.74, 6) is 0.568. The van der Waals surface area contributed by atoms with Gasteiger partial charge in [0.05, 0.1) is 6.10 Å². The van der Waals surface area contributed by atoms with Crippen molar-refractivity contribution < 1.29 is 19.1 Å². The summed E-state index contributed by atoms with van der Waals surface area (Å²) in [7, 11) is 0. The van der Waals surface area contributed by atoms with Gasteiger partial charge in [-0.3, -0.25) is 0 Å². The number of rotatable bonds is 14. The molecular weight excluding hydrogens is 502 g/mol. The lowest BCUT2D eigenvalue weighted by Crippen LogP contribution is -2.41. The highest BCUT2D eigenvalue weighted by Gasteiger charge is 2.33. The molecule has 1 heterocycles. The van der Waals surface area contributed by atoms with Gasteiger partial charge < -0.3 is 20.0 Å². The number of primary amides is 1. The topological polar surface area (TPSA) is 103 Å². The Bertz CT molecular complexity index is 1270. The maximum atomic E-state index is 11.5. The van der Waals surface area contributed by atoms with Crippen molar-refractivity contribution in [3.63, 3.8) is 0 Å². The molecule has 1 aromatic heterocycles. The number of carbonyl (C=O) groups excluding carboxylic acids is 1. The van der Waals surface area contributed by atoms with Crippen molar-refractivity contribution in [3.8, 4) is 0 Å². The van der Waals surface area contributed by atoms with Gasteiger partial charge in [0.25, 0.3) is 0 Å². The molecule has 1 amide bonds. The number of hydrogen-bond donors (Lipinski definition) is 2. The molecule has 0 saturated heterocycles. The van der Waals surface area contributed by atoms with E-state index < -0.39 is 18.3 Å². The number of carbonyl (C=O) groups is 1. The summed E-state index contributed by atoms with van der Waals surface area (Å²) in [5.41, 5.74) is 7.77. The van der Waals surface area contributed by atoms with Crippen LogP contribution < -0.4 is 11.4 Å². The van der Waals surface area contributed by atoms with Gasteiger partial charge in [0.2, 0.25) is 0 Å². The Balaban J connectivity index is 2.03. The normalized spacial score (nSPS) is 18.6. The zero-order valence-corrected chi connectivity index (χ0v) is 25.0. The first-order valence-electron chi connectivity index (χ1n) is 14.2. The Morgan fingerprint density at radius 3 is 2.35 bits per heavy atom. The number of aliphatic hydroxyl groups excluding tert-OH is 1. The van der Waals surface area contributed by atoms with Gasteiger partial charge in [-0.25, -0.2) is 9.59 Å². The van der Waals surface area contributed by atoms with Crippen LogP contribution >= 0.6 is 0 Å². The molecule has 0 aliphatic carbocycles. The van der Waals surface area contributed by atoms with Crippen LogP contribution in [0.25, 0.3) is 17.0 Å². The van der Waals surface area contributed by atoms with E-state index in [9.17, 15) is 14.7 Å². The minimum atomic E-state index is -0.843. The maximum Gasteiger partial charge on any atom is 0.404 e. The molecule has 6 heteroatoms. The lowest BCUT2D eigenvalue weighted by atomic mass is 9.80. The van der Waals surface area contributed by atoms with E-state index in [0.29, 0.717) is 23.3 Å². The molecule has 6 nitrogen and oxygen atoms in total. The van der Waals surface area contributed by atoms with E-state index in [0.717, 1.165) is 17.4 Å². The van der Waals surface area contributed by atoms with Crippen molar-refractivity contribution in [1.29, 1.82) is 0 Å². The second kappa shape index (κ2) is 15.4. The molecule has 2 aromatic rings. The van der Waals surface area contributed by atoms with Crippen LogP contribution in [0.15, 0.2) is 82.1 Å². The molecule has 0 bridgehead atoms. The highest BCUT2D eigenvalue weighted by molar-refractivity contribution is 5.79. The highest BCUT2D eigenvalue weighted by atomic mass is 16.6. The quantitative estimate of drug-likeness (QED) is 0.144. The first kappa shape index (κ1) is 32.8. The van der Waals surface area contributed by atoms with Gasteiger partial charge in [0, 0.05) is 23.3 Å². The molecule has 8 atom stereocenters. The Labute approximate surface area is 239 Å². The van der Waals surface area contributed by atoms with Crippen molar-refractivity contribution in [3.05, 3.63) is 88.8 Å². The fourth-order valence-corrected chi connectivity index (χ4v) is 5.30. The van der Waals surface area contributed by atoms with Gasteiger partial charge in [0.15, 0.2) is 0 Å². The number of allylic oxidation sites excluding steroid dienone is 5. The minimum absolute atomic E-state index is 0.0337. The van der Waals surface area contributed by atoms with Gasteiger partial charge >= 0.3 is 11.7 Å². The van der Waals surface area contributed by atoms with E-state index in [-0.39, 0.29) is 23.4 Å². The van der Waals surface area contributed by atoms with Gasteiger partial charge in [0.1, 0.15) is 11.7 Å². The van der Waals surface area contributed by atoms with E-state index >= 15 is 0 Å². The molecule has 2 rings (SSSR count). The van der Waals surface area contributed by atoms with Crippen LogP contribution in [-0.4, -0.2) is 23.4 Å². The summed E-state index contributed by atoms with van der Waals surface area (Å²) >= 11 is 0. The zero-order chi connectivity index (χ0) is 30.0. The summed E-state index contributed by atoms with van der Waals surface area (Å²) in [6.45, 7) is 18.3. The molecule has 3 N–H and O–H groups in total. The van der Waals surface area contributed by atoms with Gasteiger partial charge in [-0.2, -0.15) is 0 Å². The zero-order valence-electron chi connectivity index (χ0n) is 25.0. The van der Waals surface area contributed by atoms with Gasteiger partial charge in [-0.05, 0) is 54.7 Å². The molecule has 0 fully saturated rings. The van der Waals surface area contributed by atoms with Crippen molar-refractivity contribution in [2.75, 3.05) is 0 Å². The average Bonchev–Trinajstić information content (AvgIpc) is 2.91. The molecule has 0 saturated carbocycles. The number of ether oxygens (including phenoxy) is 1. The summed E-state index contributed by atoms with van der Waals surface area (Å²) in [5, 5.41) is 12.0. The predicted octanol–water partition coefficient (Wildman–Crippen LogP) is 7.53. The first-order chi connectivity index (χ1) is 18.8. The largest absolute Gasteiger partial charge is 0.445 e.